The summed E-state index contributed by atoms with van der Waals surface area (Å²) < 4.78 is 0. The number of hydrogen-bond acceptors (Lipinski definition) is 4. The molecule has 0 radical (unpaired) electrons. The highest BCUT2D eigenvalue weighted by atomic mass is 16.1. The molecule has 1 fully saturated rings. The number of carbonyl (C=O) groups excluding carboxylic acids is 3. The normalized spacial score (nSPS) is 29.0. The van der Waals surface area contributed by atoms with Gasteiger partial charge in [0.05, 0.1) is 0 Å². The second-order valence-electron chi connectivity index (χ2n) is 8.30. The van der Waals surface area contributed by atoms with Crippen LogP contribution in [0.4, 0.5) is 0 Å². The van der Waals surface area contributed by atoms with Crippen molar-refractivity contribution in [1.29, 1.82) is 0 Å². The van der Waals surface area contributed by atoms with Crippen molar-refractivity contribution in [3.63, 3.8) is 0 Å². The Morgan fingerprint density at radius 2 is 1.70 bits per heavy atom. The van der Waals surface area contributed by atoms with Crippen molar-refractivity contribution in [2.75, 3.05) is 13.1 Å². The summed E-state index contributed by atoms with van der Waals surface area (Å²) >= 11 is 0. The second kappa shape index (κ2) is 7.16. The summed E-state index contributed by atoms with van der Waals surface area (Å²) in [4.78, 5) is 41.3. The maximum absolute atomic E-state index is 13.2. The molecule has 142 valence electrons. The fourth-order valence-corrected chi connectivity index (χ4v) is 5.01. The Morgan fingerprint density at radius 3 is 2.41 bits per heavy atom. The van der Waals surface area contributed by atoms with Gasteiger partial charge in [-0.3, -0.25) is 14.4 Å². The maximum Gasteiger partial charge on any atom is 0.190 e. The standard InChI is InChI=1S/C23H27NO3/c1-14-7-5-6-11-24(14)12-10-16-15(2)20(25)13-19-21(16)23(27)18-9-4-3-8-17(18)22(19)26/h3-4,8-9,14-16H,5-7,10-13H2,1-2H3. The lowest BCUT2D eigenvalue weighted by molar-refractivity contribution is -0.123. The average molecular weight is 365 g/mol. The first-order valence-corrected chi connectivity index (χ1v) is 10.2. The van der Waals surface area contributed by atoms with Crippen LogP contribution in [0.15, 0.2) is 35.4 Å². The lowest BCUT2D eigenvalue weighted by Gasteiger charge is -2.38. The minimum Gasteiger partial charge on any atom is -0.301 e. The van der Waals surface area contributed by atoms with E-state index in [1.807, 2.05) is 6.92 Å². The molecule has 0 N–H and O–H groups in total. The Labute approximate surface area is 160 Å². The number of Topliss-reactive ketones (excluding diaryl/α,β-unsaturated/α-hetero) is 3. The minimum absolute atomic E-state index is 0.0451. The number of likely N-dealkylation sites (tertiary alicyclic amines) is 1. The SMILES string of the molecule is CC1C(=O)CC2=C(C(=O)c3ccccc3C2=O)C1CCN1CCCCC1C. The zero-order chi connectivity index (χ0) is 19.1. The van der Waals surface area contributed by atoms with E-state index in [0.717, 1.165) is 19.5 Å². The lowest BCUT2D eigenvalue weighted by atomic mass is 9.67. The van der Waals surface area contributed by atoms with E-state index in [1.165, 1.54) is 19.3 Å². The van der Waals surface area contributed by atoms with Gasteiger partial charge >= 0.3 is 0 Å². The van der Waals surface area contributed by atoms with E-state index in [-0.39, 0.29) is 35.6 Å². The van der Waals surface area contributed by atoms with Gasteiger partial charge in [0.15, 0.2) is 11.6 Å². The molecular formula is C23H27NO3. The monoisotopic (exact) mass is 365 g/mol. The van der Waals surface area contributed by atoms with Crippen molar-refractivity contribution < 1.29 is 14.4 Å². The molecule has 3 unspecified atom stereocenters. The highest BCUT2D eigenvalue weighted by Gasteiger charge is 2.43. The van der Waals surface area contributed by atoms with E-state index >= 15 is 0 Å². The molecule has 4 heteroatoms. The summed E-state index contributed by atoms with van der Waals surface area (Å²) in [6.07, 6.45) is 4.55. The third-order valence-corrected chi connectivity index (χ3v) is 6.76. The number of benzene rings is 1. The Bertz CT molecular complexity index is 838. The number of allylic oxidation sites excluding steroid dienone is 2. The van der Waals surface area contributed by atoms with Crippen LogP contribution in [0.1, 0.15) is 66.7 Å². The van der Waals surface area contributed by atoms with Gasteiger partial charge in [0, 0.05) is 40.7 Å². The average Bonchev–Trinajstić information content (AvgIpc) is 2.68. The Morgan fingerprint density at radius 1 is 1.00 bits per heavy atom. The molecule has 0 spiro atoms. The molecule has 0 saturated carbocycles. The van der Waals surface area contributed by atoms with Gasteiger partial charge in [0.2, 0.25) is 0 Å². The quantitative estimate of drug-likeness (QED) is 0.816. The van der Waals surface area contributed by atoms with Crippen LogP contribution in [-0.2, 0) is 4.79 Å². The van der Waals surface area contributed by atoms with E-state index in [1.54, 1.807) is 24.3 Å². The number of rotatable bonds is 3. The number of piperidine rings is 1. The largest absolute Gasteiger partial charge is 0.301 e. The van der Waals surface area contributed by atoms with Crippen molar-refractivity contribution in [1.82, 2.24) is 4.90 Å². The fourth-order valence-electron chi connectivity index (χ4n) is 5.01. The fraction of sp³-hybridized carbons (Fsp3) is 0.522. The molecule has 1 saturated heterocycles. The summed E-state index contributed by atoms with van der Waals surface area (Å²) in [6.45, 7) is 6.14. The Kier molecular flexibility index (Phi) is 4.85. The van der Waals surface area contributed by atoms with Crippen LogP contribution >= 0.6 is 0 Å². The van der Waals surface area contributed by atoms with Crippen molar-refractivity contribution in [3.05, 3.63) is 46.5 Å². The van der Waals surface area contributed by atoms with E-state index < -0.39 is 0 Å². The molecule has 0 amide bonds. The van der Waals surface area contributed by atoms with Crippen LogP contribution in [0, 0.1) is 11.8 Å². The third-order valence-electron chi connectivity index (χ3n) is 6.76. The molecule has 1 aliphatic heterocycles. The molecule has 0 aromatic heterocycles. The summed E-state index contributed by atoms with van der Waals surface area (Å²) in [5, 5.41) is 0. The maximum atomic E-state index is 13.2. The minimum atomic E-state index is -0.203. The number of fused-ring (bicyclic) bond motifs is 1. The first-order chi connectivity index (χ1) is 13.0. The summed E-state index contributed by atoms with van der Waals surface area (Å²) in [5.74, 6) is -0.440. The second-order valence-corrected chi connectivity index (χ2v) is 8.30. The molecular weight excluding hydrogens is 338 g/mol. The smallest absolute Gasteiger partial charge is 0.190 e. The predicted molar refractivity (Wildman–Crippen MR) is 104 cm³/mol. The van der Waals surface area contributed by atoms with Gasteiger partial charge in [-0.25, -0.2) is 0 Å². The van der Waals surface area contributed by atoms with Gasteiger partial charge in [0.1, 0.15) is 5.78 Å². The van der Waals surface area contributed by atoms with E-state index in [2.05, 4.69) is 11.8 Å². The first kappa shape index (κ1) is 18.3. The lowest BCUT2D eigenvalue weighted by Crippen LogP contribution is -2.42. The van der Waals surface area contributed by atoms with Gasteiger partial charge < -0.3 is 4.90 Å². The zero-order valence-corrected chi connectivity index (χ0v) is 16.2. The predicted octanol–water partition coefficient (Wildman–Crippen LogP) is 3.85. The molecule has 1 aromatic carbocycles. The number of hydrogen-bond donors (Lipinski definition) is 0. The van der Waals surface area contributed by atoms with E-state index in [0.29, 0.717) is 28.3 Å². The third kappa shape index (κ3) is 3.10. The molecule has 27 heavy (non-hydrogen) atoms. The van der Waals surface area contributed by atoms with Crippen molar-refractivity contribution in [3.8, 4) is 0 Å². The van der Waals surface area contributed by atoms with E-state index in [4.69, 9.17) is 0 Å². The van der Waals surface area contributed by atoms with Crippen molar-refractivity contribution >= 4 is 17.3 Å². The van der Waals surface area contributed by atoms with Gasteiger partial charge in [-0.15, -0.1) is 0 Å². The molecule has 3 aliphatic rings. The first-order valence-electron chi connectivity index (χ1n) is 10.2. The molecule has 3 atom stereocenters. The van der Waals surface area contributed by atoms with E-state index in [9.17, 15) is 14.4 Å². The Balaban J connectivity index is 1.66. The number of ketones is 3. The van der Waals surface area contributed by atoms with Crippen molar-refractivity contribution in [2.24, 2.45) is 11.8 Å². The highest BCUT2D eigenvalue weighted by Crippen LogP contribution is 2.41. The molecule has 4 nitrogen and oxygen atoms in total. The van der Waals surface area contributed by atoms with Crippen molar-refractivity contribution in [2.45, 2.75) is 52.0 Å². The van der Waals surface area contributed by atoms with Gasteiger partial charge in [0.25, 0.3) is 0 Å². The summed E-state index contributed by atoms with van der Waals surface area (Å²) in [5.41, 5.74) is 2.03. The van der Waals surface area contributed by atoms with Crippen LogP contribution in [0.2, 0.25) is 0 Å². The Hall–Kier alpha value is -2.07. The van der Waals surface area contributed by atoms with Gasteiger partial charge in [-0.2, -0.15) is 0 Å². The molecule has 1 aromatic rings. The van der Waals surface area contributed by atoms with Crippen LogP contribution in [0.5, 0.6) is 0 Å². The van der Waals surface area contributed by atoms with Gasteiger partial charge in [-0.1, -0.05) is 37.6 Å². The van der Waals surface area contributed by atoms with Crippen LogP contribution < -0.4 is 0 Å². The topological polar surface area (TPSA) is 54.5 Å². The number of nitrogens with zero attached hydrogens (tertiary/aromatic N) is 1. The van der Waals surface area contributed by atoms with Crippen LogP contribution in [0.3, 0.4) is 0 Å². The summed E-state index contributed by atoms with van der Waals surface area (Å²) in [6, 6.07) is 7.57. The van der Waals surface area contributed by atoms with Gasteiger partial charge in [-0.05, 0) is 45.2 Å². The highest BCUT2D eigenvalue weighted by molar-refractivity contribution is 6.28. The summed E-state index contributed by atoms with van der Waals surface area (Å²) in [7, 11) is 0. The molecule has 2 aliphatic carbocycles. The molecule has 0 bridgehead atoms. The molecule has 1 heterocycles. The van der Waals surface area contributed by atoms with Crippen LogP contribution in [0.25, 0.3) is 0 Å². The van der Waals surface area contributed by atoms with Crippen LogP contribution in [-0.4, -0.2) is 41.4 Å². The number of carbonyl (C=O) groups is 3. The zero-order valence-electron chi connectivity index (χ0n) is 16.2. The molecule has 4 rings (SSSR count).